The highest BCUT2D eigenvalue weighted by Crippen LogP contribution is 2.56. The van der Waals surface area contributed by atoms with Crippen LogP contribution in [0.3, 0.4) is 0 Å². The molecule has 2 fully saturated rings. The summed E-state index contributed by atoms with van der Waals surface area (Å²) in [5.74, 6) is 0.908. The molecule has 3 heteroatoms. The van der Waals surface area contributed by atoms with Crippen LogP contribution in [0.25, 0.3) is 11.1 Å². The lowest BCUT2D eigenvalue weighted by Gasteiger charge is -2.35. The van der Waals surface area contributed by atoms with Crippen LogP contribution < -0.4 is 4.74 Å². The Bertz CT molecular complexity index is 1630. The molecule has 1 aliphatic carbocycles. The van der Waals surface area contributed by atoms with E-state index in [2.05, 4.69) is 112 Å². The van der Waals surface area contributed by atoms with E-state index in [0.29, 0.717) is 6.61 Å². The minimum absolute atomic E-state index is 0.187. The third kappa shape index (κ3) is 4.64. The summed E-state index contributed by atoms with van der Waals surface area (Å²) in [6.07, 6.45) is 1.98. The monoisotopic (exact) mass is 540 g/mol. The Morgan fingerprint density at radius 3 is 1.90 bits per heavy atom. The largest absolute Gasteiger partial charge is 0.490 e. The average molecular weight is 541 g/mol. The zero-order valence-electron chi connectivity index (χ0n) is 23.9. The average Bonchev–Trinajstić information content (AvgIpc) is 3.89. The first-order chi connectivity index (χ1) is 19.9. The second kappa shape index (κ2) is 10.2. The van der Waals surface area contributed by atoms with Gasteiger partial charge in [0.05, 0.1) is 18.6 Å². The molecule has 7 rings (SSSR count). The summed E-state index contributed by atoms with van der Waals surface area (Å²) in [6.45, 7) is 14.8. The Morgan fingerprint density at radius 2 is 1.32 bits per heavy atom. The third-order valence-electron chi connectivity index (χ3n) is 8.51. The third-order valence-corrected chi connectivity index (χ3v) is 8.51. The van der Waals surface area contributed by atoms with Crippen molar-refractivity contribution in [2.45, 2.75) is 44.3 Å². The Kier molecular flexibility index (Phi) is 6.45. The highest BCUT2D eigenvalue weighted by molar-refractivity contribution is 5.86. The number of hydrogen-bond donors (Lipinski definition) is 0. The topological polar surface area (TPSA) is 34.3 Å². The van der Waals surface area contributed by atoms with Crippen LogP contribution in [0, 0.1) is 0 Å². The van der Waals surface area contributed by atoms with Gasteiger partial charge in [0.2, 0.25) is 0 Å². The summed E-state index contributed by atoms with van der Waals surface area (Å²) in [4.78, 5) is 0. The van der Waals surface area contributed by atoms with E-state index in [-0.39, 0.29) is 12.2 Å². The van der Waals surface area contributed by atoms with Gasteiger partial charge >= 0.3 is 0 Å². The molecular weight excluding hydrogens is 504 g/mol. The smallest absolute Gasteiger partial charge is 0.122 e. The van der Waals surface area contributed by atoms with Gasteiger partial charge in [0, 0.05) is 0 Å². The van der Waals surface area contributed by atoms with Gasteiger partial charge in [-0.15, -0.1) is 0 Å². The van der Waals surface area contributed by atoms with Crippen molar-refractivity contribution in [3.8, 4) is 16.9 Å². The molecule has 0 amide bonds. The van der Waals surface area contributed by atoms with Crippen LogP contribution in [-0.2, 0) is 27.7 Å². The van der Waals surface area contributed by atoms with E-state index < -0.39 is 5.41 Å². The van der Waals surface area contributed by atoms with Crippen LogP contribution in [0.4, 0.5) is 0 Å². The Balaban J connectivity index is 1.49. The van der Waals surface area contributed by atoms with Crippen molar-refractivity contribution in [1.29, 1.82) is 0 Å². The van der Waals surface area contributed by atoms with Gasteiger partial charge in [0.15, 0.2) is 0 Å². The Morgan fingerprint density at radius 1 is 0.756 bits per heavy atom. The van der Waals surface area contributed by atoms with Crippen molar-refractivity contribution in [1.82, 2.24) is 0 Å². The summed E-state index contributed by atoms with van der Waals surface area (Å²) in [5.41, 5.74) is 13.2. The predicted molar refractivity (Wildman–Crippen MR) is 165 cm³/mol. The molecule has 2 atom stereocenters. The fourth-order valence-corrected chi connectivity index (χ4v) is 6.65. The molecule has 41 heavy (non-hydrogen) atoms. The van der Waals surface area contributed by atoms with E-state index in [1.54, 1.807) is 0 Å². The van der Waals surface area contributed by atoms with Gasteiger partial charge in [-0.25, -0.2) is 0 Å². The molecule has 0 N–H and O–H groups in total. The summed E-state index contributed by atoms with van der Waals surface area (Å²) < 4.78 is 17.5. The lowest BCUT2D eigenvalue weighted by molar-refractivity contribution is 0.261. The van der Waals surface area contributed by atoms with Crippen molar-refractivity contribution in [3.05, 3.63) is 148 Å². The normalized spacial score (nSPS) is 19.3. The first-order valence-electron chi connectivity index (χ1n) is 14.6. The first kappa shape index (κ1) is 26.0. The number of epoxide rings is 2. The number of ether oxygens (including phenoxy) is 3. The number of rotatable bonds is 10. The summed E-state index contributed by atoms with van der Waals surface area (Å²) >= 11 is 0. The molecule has 0 saturated carbocycles. The maximum Gasteiger partial charge on any atom is 0.122 e. The van der Waals surface area contributed by atoms with Crippen molar-refractivity contribution in [3.63, 3.8) is 0 Å². The highest BCUT2D eigenvalue weighted by Gasteiger charge is 2.46. The van der Waals surface area contributed by atoms with E-state index >= 15 is 0 Å². The number of allylic oxidation sites excluding steroid dienone is 2. The fraction of sp³-hybridized carbons (Fsp3) is 0.263. The minimum atomic E-state index is -0.484. The summed E-state index contributed by atoms with van der Waals surface area (Å²) in [6, 6.07) is 31.6. The highest BCUT2D eigenvalue weighted by atomic mass is 16.6. The molecule has 2 aliphatic heterocycles. The van der Waals surface area contributed by atoms with Gasteiger partial charge in [-0.1, -0.05) is 103 Å². The van der Waals surface area contributed by atoms with Gasteiger partial charge in [0.1, 0.15) is 24.6 Å². The number of fused-ring (bicyclic) bond motifs is 3. The van der Waals surface area contributed by atoms with Gasteiger partial charge in [-0.2, -0.15) is 0 Å². The van der Waals surface area contributed by atoms with E-state index in [1.807, 2.05) is 0 Å². The van der Waals surface area contributed by atoms with E-state index in [9.17, 15) is 0 Å². The van der Waals surface area contributed by atoms with Gasteiger partial charge in [-0.05, 0) is 82.8 Å². The molecule has 0 radical (unpaired) electrons. The van der Waals surface area contributed by atoms with Crippen LogP contribution in [0.2, 0.25) is 0 Å². The molecule has 2 saturated heterocycles. The zero-order valence-corrected chi connectivity index (χ0v) is 23.9. The molecule has 2 heterocycles. The van der Waals surface area contributed by atoms with Crippen molar-refractivity contribution in [2.75, 3.05) is 19.8 Å². The van der Waals surface area contributed by atoms with Crippen LogP contribution in [0.15, 0.2) is 109 Å². The second-order valence-electron chi connectivity index (χ2n) is 11.9. The summed E-state index contributed by atoms with van der Waals surface area (Å²) in [7, 11) is 0. The Labute approximate surface area is 243 Å². The zero-order chi connectivity index (χ0) is 28.1. The maximum absolute atomic E-state index is 6.28. The van der Waals surface area contributed by atoms with Crippen LogP contribution in [0.5, 0.6) is 5.75 Å². The van der Waals surface area contributed by atoms with Gasteiger partial charge < -0.3 is 14.2 Å². The first-order valence-corrected chi connectivity index (χ1v) is 14.6. The van der Waals surface area contributed by atoms with Gasteiger partial charge in [-0.3, -0.25) is 0 Å². The van der Waals surface area contributed by atoms with Gasteiger partial charge in [0.25, 0.3) is 0 Å². The molecule has 2 unspecified atom stereocenters. The summed E-state index contributed by atoms with van der Waals surface area (Å²) in [5, 5.41) is 0. The van der Waals surface area contributed by atoms with Crippen molar-refractivity contribution in [2.24, 2.45) is 0 Å². The van der Waals surface area contributed by atoms with E-state index in [0.717, 1.165) is 48.5 Å². The van der Waals surface area contributed by atoms with Crippen LogP contribution >= 0.6 is 0 Å². The minimum Gasteiger partial charge on any atom is -0.490 e. The second-order valence-corrected chi connectivity index (χ2v) is 11.9. The number of hydrogen-bond acceptors (Lipinski definition) is 3. The molecule has 4 aromatic carbocycles. The lowest BCUT2D eigenvalue weighted by atomic mass is 9.66. The predicted octanol–water partition coefficient (Wildman–Crippen LogP) is 8.14. The number of benzene rings is 4. The standard InChI is InChI=1S/C38H36O3/c1-24(2)17-26-19-28(13-15-31(26)37-23-41-37)38(34-11-7-5-9-32(34)33-10-6-8-12-35(33)38)29-14-16-36(40-22-30-21-39-30)27(20-29)18-25(3)4/h5-16,19-20,30,37H,1,3,17-18,21-23H2,2,4H3. The maximum atomic E-state index is 6.28. The lowest BCUT2D eigenvalue weighted by Crippen LogP contribution is -2.29. The van der Waals surface area contributed by atoms with Crippen LogP contribution in [-0.4, -0.2) is 25.9 Å². The molecule has 3 aliphatic rings. The van der Waals surface area contributed by atoms with Crippen molar-refractivity contribution < 1.29 is 14.2 Å². The molecule has 206 valence electrons. The van der Waals surface area contributed by atoms with E-state index in [1.165, 1.54) is 44.5 Å². The molecule has 0 spiro atoms. The quantitative estimate of drug-likeness (QED) is 0.132. The molecule has 4 aromatic rings. The fourth-order valence-electron chi connectivity index (χ4n) is 6.65. The molecule has 3 nitrogen and oxygen atoms in total. The molecule has 0 bridgehead atoms. The van der Waals surface area contributed by atoms with E-state index in [4.69, 9.17) is 14.2 Å². The Hall–Kier alpha value is -3.92. The van der Waals surface area contributed by atoms with Crippen LogP contribution in [0.1, 0.15) is 58.9 Å². The SMILES string of the molecule is C=C(C)Cc1cc(C2(c3ccc(C4CO4)c(CC(=C)C)c3)c3ccccc3-c3ccccc32)ccc1OCC1CO1. The molecular formula is C38H36O3. The molecule has 0 aromatic heterocycles. The van der Waals surface area contributed by atoms with Crippen molar-refractivity contribution >= 4 is 0 Å².